The molecule has 16 heavy (non-hydrogen) atoms. The third-order valence-corrected chi connectivity index (χ3v) is 3.23. The predicted octanol–water partition coefficient (Wildman–Crippen LogP) is 3.31. The van der Waals surface area contributed by atoms with Gasteiger partial charge in [0.1, 0.15) is 0 Å². The zero-order chi connectivity index (χ0) is 12.2. The van der Waals surface area contributed by atoms with Crippen molar-refractivity contribution in [1.29, 1.82) is 0 Å². The maximum atomic E-state index is 11.0. The molecule has 90 valence electrons. The van der Waals surface area contributed by atoms with E-state index in [1.165, 1.54) is 5.57 Å². The van der Waals surface area contributed by atoms with Crippen LogP contribution in [-0.4, -0.2) is 19.4 Å². The molecule has 0 aliphatic heterocycles. The number of hydrogen-bond acceptors (Lipinski definition) is 3. The van der Waals surface area contributed by atoms with Gasteiger partial charge in [-0.25, -0.2) is 4.79 Å². The van der Waals surface area contributed by atoms with Gasteiger partial charge < -0.3 is 9.47 Å². The summed E-state index contributed by atoms with van der Waals surface area (Å²) < 4.78 is 9.75. The van der Waals surface area contributed by atoms with Crippen LogP contribution in [0.1, 0.15) is 34.1 Å². The Morgan fingerprint density at radius 2 is 2.25 bits per heavy atom. The zero-order valence-corrected chi connectivity index (χ0v) is 10.5. The Morgan fingerprint density at radius 3 is 2.75 bits per heavy atom. The molecule has 0 radical (unpaired) electrons. The van der Waals surface area contributed by atoms with E-state index >= 15 is 0 Å². The first-order valence-corrected chi connectivity index (χ1v) is 5.72. The molecule has 0 saturated heterocycles. The Hall–Kier alpha value is -1.21. The molecule has 1 aliphatic carbocycles. The lowest BCUT2D eigenvalue weighted by Crippen LogP contribution is -2.40. The summed E-state index contributed by atoms with van der Waals surface area (Å²) >= 11 is 0. The lowest BCUT2D eigenvalue weighted by atomic mass is 9.59. The van der Waals surface area contributed by atoms with E-state index in [9.17, 15) is 4.79 Å². The molecule has 1 unspecified atom stereocenters. The van der Waals surface area contributed by atoms with Crippen LogP contribution in [0.25, 0.3) is 0 Å². The molecule has 3 heteroatoms. The summed E-state index contributed by atoms with van der Waals surface area (Å²) in [5.41, 5.74) is 4.62. The van der Waals surface area contributed by atoms with Gasteiger partial charge in [-0.2, -0.15) is 0 Å². The first kappa shape index (κ1) is 12.9. The fourth-order valence-electron chi connectivity index (χ4n) is 1.89. The molecule has 0 spiro atoms. The first-order chi connectivity index (χ1) is 7.52. The minimum Gasteiger partial charge on any atom is -0.435 e. The van der Waals surface area contributed by atoms with Crippen molar-refractivity contribution in [1.82, 2.24) is 0 Å². The second kappa shape index (κ2) is 5.22. The normalized spacial score (nSPS) is 21.8. The standard InChI is InChI=1S/C13H20O3/c1-5-7-10-8-11(13(10,3)4)9-16-12(14)15-6-2/h5,11H,6,8-9H2,1-4H3. The van der Waals surface area contributed by atoms with E-state index in [1.807, 2.05) is 13.0 Å². The number of hydrogen-bond donors (Lipinski definition) is 0. The molecule has 0 aromatic heterocycles. The summed E-state index contributed by atoms with van der Waals surface area (Å²) in [5, 5.41) is 0. The third kappa shape index (κ3) is 2.67. The van der Waals surface area contributed by atoms with Crippen molar-refractivity contribution in [2.24, 2.45) is 11.3 Å². The third-order valence-electron chi connectivity index (χ3n) is 3.23. The minimum absolute atomic E-state index is 0.0823. The fourth-order valence-corrected chi connectivity index (χ4v) is 1.89. The van der Waals surface area contributed by atoms with Crippen LogP contribution in [0.3, 0.4) is 0 Å². The van der Waals surface area contributed by atoms with Gasteiger partial charge >= 0.3 is 6.16 Å². The molecule has 1 rings (SSSR count). The molecular weight excluding hydrogens is 204 g/mol. The first-order valence-electron chi connectivity index (χ1n) is 5.72. The quantitative estimate of drug-likeness (QED) is 0.545. The lowest BCUT2D eigenvalue weighted by molar-refractivity contribution is 0.0163. The van der Waals surface area contributed by atoms with Gasteiger partial charge in [-0.1, -0.05) is 13.8 Å². The highest BCUT2D eigenvalue weighted by Gasteiger charge is 2.44. The number of carbonyl (C=O) groups is 1. The van der Waals surface area contributed by atoms with Crippen molar-refractivity contribution in [2.45, 2.75) is 34.1 Å². The summed E-state index contributed by atoms with van der Waals surface area (Å²) in [6.07, 6.45) is 2.32. The minimum atomic E-state index is -0.568. The van der Waals surface area contributed by atoms with Gasteiger partial charge in [0.25, 0.3) is 0 Å². The van der Waals surface area contributed by atoms with E-state index in [0.717, 1.165) is 6.42 Å². The Bertz CT molecular complexity index is 322. The maximum Gasteiger partial charge on any atom is 0.508 e. The fraction of sp³-hybridized carbons (Fsp3) is 0.692. The molecule has 1 atom stereocenters. The number of carbonyl (C=O) groups excluding carboxylic acids is 1. The summed E-state index contributed by atoms with van der Waals surface area (Å²) in [7, 11) is 0. The van der Waals surface area contributed by atoms with Crippen LogP contribution in [0.15, 0.2) is 17.4 Å². The van der Waals surface area contributed by atoms with Crippen molar-refractivity contribution in [3.63, 3.8) is 0 Å². The van der Waals surface area contributed by atoms with Gasteiger partial charge in [0, 0.05) is 5.92 Å². The number of allylic oxidation sites excluding steroid dienone is 1. The zero-order valence-electron chi connectivity index (χ0n) is 10.5. The van der Waals surface area contributed by atoms with Crippen LogP contribution in [0.4, 0.5) is 4.79 Å². The molecule has 0 aromatic carbocycles. The van der Waals surface area contributed by atoms with Gasteiger partial charge in [-0.3, -0.25) is 0 Å². The summed E-state index contributed by atoms with van der Waals surface area (Å²) in [4.78, 5) is 11.0. The van der Waals surface area contributed by atoms with Crippen LogP contribution < -0.4 is 0 Å². The van der Waals surface area contributed by atoms with E-state index in [-0.39, 0.29) is 5.41 Å². The molecule has 1 saturated carbocycles. The van der Waals surface area contributed by atoms with Gasteiger partial charge in [-0.15, -0.1) is 5.73 Å². The van der Waals surface area contributed by atoms with Crippen LogP contribution in [0.2, 0.25) is 0 Å². The van der Waals surface area contributed by atoms with E-state index in [4.69, 9.17) is 9.47 Å². The van der Waals surface area contributed by atoms with Crippen molar-refractivity contribution in [3.8, 4) is 0 Å². The highest BCUT2D eigenvalue weighted by molar-refractivity contribution is 5.59. The molecule has 0 heterocycles. The maximum absolute atomic E-state index is 11.0. The summed E-state index contributed by atoms with van der Waals surface area (Å²) in [6.45, 7) is 8.83. The highest BCUT2D eigenvalue weighted by Crippen LogP contribution is 2.50. The second-order valence-electron chi connectivity index (χ2n) is 4.53. The van der Waals surface area contributed by atoms with Gasteiger partial charge in [0.15, 0.2) is 0 Å². The molecule has 0 aromatic rings. The monoisotopic (exact) mass is 224 g/mol. The molecule has 0 bridgehead atoms. The average Bonchev–Trinajstić information content (AvgIpc) is 2.22. The molecule has 3 nitrogen and oxygen atoms in total. The van der Waals surface area contributed by atoms with Gasteiger partial charge in [-0.05, 0) is 37.3 Å². The Balaban J connectivity index is 2.43. The van der Waals surface area contributed by atoms with E-state index < -0.39 is 6.16 Å². The Morgan fingerprint density at radius 1 is 1.56 bits per heavy atom. The molecule has 1 fully saturated rings. The van der Waals surface area contributed by atoms with Crippen LogP contribution in [-0.2, 0) is 9.47 Å². The van der Waals surface area contributed by atoms with Crippen LogP contribution in [0.5, 0.6) is 0 Å². The number of rotatable bonds is 3. The Labute approximate surface area is 97.1 Å². The van der Waals surface area contributed by atoms with E-state index in [2.05, 4.69) is 19.6 Å². The molecule has 0 N–H and O–H groups in total. The average molecular weight is 224 g/mol. The largest absolute Gasteiger partial charge is 0.508 e. The number of ether oxygens (including phenoxy) is 2. The Kier molecular flexibility index (Phi) is 4.19. The molecule has 0 amide bonds. The van der Waals surface area contributed by atoms with Crippen LogP contribution in [0, 0.1) is 11.3 Å². The van der Waals surface area contributed by atoms with Gasteiger partial charge in [0.05, 0.1) is 13.2 Å². The second-order valence-corrected chi connectivity index (χ2v) is 4.53. The van der Waals surface area contributed by atoms with E-state index in [1.54, 1.807) is 6.92 Å². The van der Waals surface area contributed by atoms with E-state index in [0.29, 0.717) is 19.1 Å². The summed E-state index contributed by atoms with van der Waals surface area (Å²) in [6, 6.07) is 0. The van der Waals surface area contributed by atoms with Crippen molar-refractivity contribution >= 4 is 6.16 Å². The van der Waals surface area contributed by atoms with Crippen molar-refractivity contribution in [2.75, 3.05) is 13.2 Å². The highest BCUT2D eigenvalue weighted by atomic mass is 16.7. The molecular formula is C13H20O3. The molecule has 1 aliphatic rings. The topological polar surface area (TPSA) is 35.5 Å². The smallest absolute Gasteiger partial charge is 0.435 e. The van der Waals surface area contributed by atoms with Crippen molar-refractivity contribution < 1.29 is 14.3 Å². The predicted molar refractivity (Wildman–Crippen MR) is 62.1 cm³/mol. The van der Waals surface area contributed by atoms with Crippen molar-refractivity contribution in [3.05, 3.63) is 17.4 Å². The summed E-state index contributed by atoms with van der Waals surface area (Å²) in [5.74, 6) is 0.374. The van der Waals surface area contributed by atoms with Gasteiger partial charge in [0.2, 0.25) is 0 Å². The van der Waals surface area contributed by atoms with Crippen LogP contribution >= 0.6 is 0 Å². The lowest BCUT2D eigenvalue weighted by Gasteiger charge is -2.45. The SMILES string of the molecule is CC=C=C1CC(COC(=O)OCC)C1(C)C.